The molecule has 0 saturated carbocycles. The van der Waals surface area contributed by atoms with Gasteiger partial charge in [0.05, 0.1) is 13.0 Å². The Bertz CT molecular complexity index is 2490. The van der Waals surface area contributed by atoms with Crippen molar-refractivity contribution in [2.75, 3.05) is 18.2 Å². The van der Waals surface area contributed by atoms with Crippen LogP contribution >= 0.6 is 32.9 Å². The zero-order valence-electron chi connectivity index (χ0n) is 29.7. The average Bonchev–Trinajstić information content (AvgIpc) is 3.71. The van der Waals surface area contributed by atoms with Gasteiger partial charge in [0.15, 0.2) is 0 Å². The largest absolute Gasteiger partial charge is 0.426 e. The van der Waals surface area contributed by atoms with E-state index in [1.807, 2.05) is 31.2 Å². The van der Waals surface area contributed by atoms with Crippen molar-refractivity contribution in [3.63, 3.8) is 0 Å². The zero-order valence-corrected chi connectivity index (χ0v) is 33.0. The van der Waals surface area contributed by atoms with Crippen LogP contribution in [0.15, 0.2) is 101 Å². The lowest BCUT2D eigenvalue weighted by atomic mass is 10.0. The summed E-state index contributed by atoms with van der Waals surface area (Å²) in [7, 11) is 1.86. The Balaban J connectivity index is 1.23. The highest BCUT2D eigenvalue weighted by atomic mass is 32.9. The Hall–Kier alpha value is -5.68. The van der Waals surface area contributed by atoms with E-state index >= 15 is 0 Å². The molecule has 0 spiro atoms. The van der Waals surface area contributed by atoms with Crippen molar-refractivity contribution in [2.24, 2.45) is 0 Å². The molecule has 11 nitrogen and oxygen atoms in total. The van der Waals surface area contributed by atoms with Gasteiger partial charge in [-0.2, -0.15) is 0 Å². The third-order valence-electron chi connectivity index (χ3n) is 8.55. The Morgan fingerprint density at radius 1 is 0.946 bits per heavy atom. The number of nitrogens with zero attached hydrogens (tertiary/aromatic N) is 1. The van der Waals surface area contributed by atoms with E-state index in [2.05, 4.69) is 10.2 Å². The van der Waals surface area contributed by atoms with Gasteiger partial charge in [-0.05, 0) is 131 Å². The first kappa shape index (κ1) is 40.0. The molecule has 0 saturated heterocycles. The summed E-state index contributed by atoms with van der Waals surface area (Å²) in [5.41, 5.74) is 5.25. The maximum Gasteiger partial charge on any atom is 0.347 e. The second kappa shape index (κ2) is 17.8. The Morgan fingerprint density at radius 3 is 2.38 bits per heavy atom. The summed E-state index contributed by atoms with van der Waals surface area (Å²) in [5, 5.41) is 12.3. The van der Waals surface area contributed by atoms with Gasteiger partial charge < -0.3 is 19.6 Å². The summed E-state index contributed by atoms with van der Waals surface area (Å²) < 4.78 is 38.3. The predicted octanol–water partition coefficient (Wildman–Crippen LogP) is 9.55. The van der Waals surface area contributed by atoms with Crippen molar-refractivity contribution in [2.45, 2.75) is 31.1 Å². The number of carbonyl (C=O) groups is 3. The molecule has 0 fully saturated rings. The smallest absolute Gasteiger partial charge is 0.347 e. The second-order valence-electron chi connectivity index (χ2n) is 12.4. The van der Waals surface area contributed by atoms with Crippen molar-refractivity contribution < 1.29 is 42.4 Å². The third kappa shape index (κ3) is 9.94. The highest BCUT2D eigenvalue weighted by Gasteiger charge is 2.26. The molecule has 4 aromatic carbocycles. The number of nitrogens with one attached hydrogen (secondary N) is 1. The molecule has 16 heteroatoms. The van der Waals surface area contributed by atoms with Gasteiger partial charge in [-0.3, -0.25) is 13.8 Å². The third-order valence-corrected chi connectivity index (χ3v) is 12.4. The maximum atomic E-state index is 14.6. The molecule has 0 radical (unpaired) electrons. The van der Waals surface area contributed by atoms with E-state index in [4.69, 9.17) is 21.7 Å². The standard InChI is InChI=1S/C40H31FN2O9S4/c1-23-31(18-24-5-13-29(14-6-24)56(2)49)30-15-9-26(41)19-33(30)32(23)21-37(44)42-27-10-16-35(52-38(45)4-3-17-50-43(47)48)34(20-27)40(46)51-28-11-7-25(8-12-28)36-22-39(53)55-54-36/h5-16,18-20,22H,3-4,17,21H2,1-2H3,(H,42,44). The number of anilines is 1. The van der Waals surface area contributed by atoms with Crippen molar-refractivity contribution in [1.82, 2.24) is 0 Å². The first-order valence-corrected chi connectivity index (χ1v) is 21.0. The normalized spacial score (nSPS) is 13.2. The Kier molecular flexibility index (Phi) is 12.7. The Morgan fingerprint density at radius 2 is 1.70 bits per heavy atom. The van der Waals surface area contributed by atoms with Crippen LogP contribution < -0.4 is 14.8 Å². The number of benzene rings is 4. The van der Waals surface area contributed by atoms with Crippen molar-refractivity contribution in [3.8, 4) is 21.9 Å². The number of hydrogen-bond donors (Lipinski definition) is 1. The van der Waals surface area contributed by atoms with Crippen LogP contribution in [0, 0.1) is 19.8 Å². The number of halogens is 1. The lowest BCUT2D eigenvalue weighted by Crippen LogP contribution is -2.17. The molecule has 0 aliphatic heterocycles. The summed E-state index contributed by atoms with van der Waals surface area (Å²) in [6, 6.07) is 24.4. The van der Waals surface area contributed by atoms with E-state index in [9.17, 15) is 33.1 Å². The summed E-state index contributed by atoms with van der Waals surface area (Å²) in [6.45, 7) is 1.53. The number of allylic oxidation sites excluding steroid dienone is 2. The molecule has 1 atom stereocenters. The lowest BCUT2D eigenvalue weighted by molar-refractivity contribution is -0.757. The molecule has 56 heavy (non-hydrogen) atoms. The molecule has 0 bridgehead atoms. The molecule has 5 aromatic rings. The summed E-state index contributed by atoms with van der Waals surface area (Å²) >= 11 is 5.22. The minimum absolute atomic E-state index is 0.00943. The van der Waals surface area contributed by atoms with E-state index in [0.29, 0.717) is 16.0 Å². The fourth-order valence-electron chi connectivity index (χ4n) is 5.88. The van der Waals surface area contributed by atoms with E-state index < -0.39 is 39.5 Å². The first-order chi connectivity index (χ1) is 26.8. The van der Waals surface area contributed by atoms with Crippen molar-refractivity contribution >= 4 is 84.5 Å². The van der Waals surface area contributed by atoms with Gasteiger partial charge in [-0.1, -0.05) is 51.1 Å². The minimum atomic E-state index is -1.13. The molecule has 1 aliphatic carbocycles. The van der Waals surface area contributed by atoms with Gasteiger partial charge >= 0.3 is 11.9 Å². The fourth-order valence-corrected chi connectivity index (χ4v) is 8.80. The SMILES string of the molecule is CC1=C(CC(=O)Nc2ccc(OC(=O)CCCO[N+](=O)[O-])c(C(=O)Oc3ccc(-c4cc(=S)ss4)cc3)c2)c2cc(F)ccc2C1=Cc1ccc(S(C)=O)cc1. The molecule has 286 valence electrons. The fraction of sp³-hybridized carbons (Fsp3) is 0.150. The van der Waals surface area contributed by atoms with E-state index in [-0.39, 0.29) is 48.6 Å². The number of carbonyl (C=O) groups excluding carboxylic acids is 3. The quantitative estimate of drug-likeness (QED) is 0.0218. The van der Waals surface area contributed by atoms with Gasteiger partial charge in [-0.15, -0.1) is 10.1 Å². The Labute approximate surface area is 335 Å². The van der Waals surface area contributed by atoms with Crippen LogP contribution in [0.2, 0.25) is 0 Å². The molecular weight excluding hydrogens is 800 g/mol. The predicted molar refractivity (Wildman–Crippen MR) is 217 cm³/mol. The van der Waals surface area contributed by atoms with Gasteiger partial charge in [0.2, 0.25) is 5.91 Å². The number of amides is 1. The van der Waals surface area contributed by atoms with E-state index in [1.165, 1.54) is 51.0 Å². The van der Waals surface area contributed by atoms with Crippen LogP contribution in [-0.4, -0.2) is 40.0 Å². The van der Waals surface area contributed by atoms with Gasteiger partial charge in [0, 0.05) is 38.9 Å². The highest BCUT2D eigenvalue weighted by Crippen LogP contribution is 2.44. The lowest BCUT2D eigenvalue weighted by Gasteiger charge is -2.13. The second-order valence-corrected chi connectivity index (χ2v) is 16.6. The summed E-state index contributed by atoms with van der Waals surface area (Å²) in [6.07, 6.45) is 3.14. The number of hydrogen-bond acceptors (Lipinski definition) is 12. The van der Waals surface area contributed by atoms with Crippen LogP contribution in [0.5, 0.6) is 11.5 Å². The zero-order chi connectivity index (χ0) is 39.9. The number of rotatable bonds is 14. The molecule has 1 heterocycles. The maximum absolute atomic E-state index is 14.6. The average molecular weight is 831 g/mol. The topological polar surface area (TPSA) is 151 Å². The minimum Gasteiger partial charge on any atom is -0.426 e. The van der Waals surface area contributed by atoms with Crippen LogP contribution in [0.25, 0.3) is 27.7 Å². The van der Waals surface area contributed by atoms with Crippen LogP contribution in [-0.2, 0) is 25.2 Å². The van der Waals surface area contributed by atoms with Crippen LogP contribution in [0.1, 0.15) is 53.2 Å². The molecule has 1 aromatic heterocycles. The first-order valence-electron chi connectivity index (χ1n) is 16.8. The molecule has 1 aliphatic rings. The summed E-state index contributed by atoms with van der Waals surface area (Å²) in [5.74, 6) is -2.54. The monoisotopic (exact) mass is 830 g/mol. The molecule has 1 amide bonds. The molecule has 1 N–H and O–H groups in total. The highest BCUT2D eigenvalue weighted by molar-refractivity contribution is 7.84. The number of ether oxygens (including phenoxy) is 2. The van der Waals surface area contributed by atoms with E-state index in [0.717, 1.165) is 36.5 Å². The van der Waals surface area contributed by atoms with E-state index in [1.54, 1.807) is 48.7 Å². The summed E-state index contributed by atoms with van der Waals surface area (Å²) in [4.78, 5) is 56.2. The van der Waals surface area contributed by atoms with Crippen molar-refractivity contribution in [3.05, 3.63) is 139 Å². The van der Waals surface area contributed by atoms with Gasteiger partial charge in [-0.25, -0.2) is 9.18 Å². The van der Waals surface area contributed by atoms with Crippen LogP contribution in [0.4, 0.5) is 10.1 Å². The van der Waals surface area contributed by atoms with Gasteiger partial charge in [0.25, 0.3) is 5.09 Å². The molecule has 6 rings (SSSR count). The molecular formula is C40H31FN2O9S4. The van der Waals surface area contributed by atoms with Crippen molar-refractivity contribution in [1.29, 1.82) is 0 Å². The van der Waals surface area contributed by atoms with Gasteiger partial charge in [0.1, 0.15) is 26.7 Å². The number of fused-ring (bicyclic) bond motifs is 1. The molecule has 1 unspecified atom stereocenters. The van der Waals surface area contributed by atoms with Crippen LogP contribution in [0.3, 0.4) is 0 Å². The number of esters is 2.